The molecule has 0 spiro atoms. The maximum absolute atomic E-state index is 9.16. The van der Waals surface area contributed by atoms with Crippen molar-refractivity contribution >= 4 is 27.7 Å². The van der Waals surface area contributed by atoms with Crippen molar-refractivity contribution in [1.29, 1.82) is 0 Å². The van der Waals surface area contributed by atoms with Gasteiger partial charge in [-0.1, -0.05) is 0 Å². The van der Waals surface area contributed by atoms with Crippen molar-refractivity contribution in [3.8, 4) is 0 Å². The first-order valence-electron chi connectivity index (χ1n) is 5.13. The summed E-state index contributed by atoms with van der Waals surface area (Å²) >= 11 is 5.07. The predicted molar refractivity (Wildman–Crippen MR) is 72.6 cm³/mol. The molecule has 2 unspecified atom stereocenters. The highest BCUT2D eigenvalue weighted by Crippen LogP contribution is 2.12. The van der Waals surface area contributed by atoms with Crippen LogP contribution in [-0.4, -0.2) is 34.2 Å². The van der Waals surface area contributed by atoms with Gasteiger partial charge in [0.15, 0.2) is 0 Å². The highest BCUT2D eigenvalue weighted by atomic mass is 79.9. The molecule has 0 amide bonds. The Morgan fingerprint density at radius 3 is 2.88 bits per heavy atom. The van der Waals surface area contributed by atoms with Gasteiger partial charge in [-0.3, -0.25) is 4.98 Å². The van der Waals surface area contributed by atoms with E-state index in [1.165, 1.54) is 0 Å². The molecule has 0 radical (unpaired) electrons. The van der Waals surface area contributed by atoms with Crippen LogP contribution in [0, 0.1) is 0 Å². The summed E-state index contributed by atoms with van der Waals surface area (Å²) in [5, 5.41) is 12.8. The molecule has 0 bridgehead atoms. The topological polar surface area (TPSA) is 45.1 Å². The van der Waals surface area contributed by atoms with E-state index in [0.717, 1.165) is 16.6 Å². The van der Waals surface area contributed by atoms with E-state index in [1.807, 2.05) is 18.5 Å². The Balaban J connectivity index is 2.45. The van der Waals surface area contributed by atoms with Crippen LogP contribution in [0.1, 0.15) is 12.5 Å². The number of halogens is 1. The van der Waals surface area contributed by atoms with Crippen LogP contribution in [0.3, 0.4) is 0 Å². The summed E-state index contributed by atoms with van der Waals surface area (Å²) in [7, 11) is 0. The number of aliphatic hydroxyl groups excluding tert-OH is 1. The van der Waals surface area contributed by atoms with Crippen LogP contribution in [0.5, 0.6) is 0 Å². The molecule has 1 aromatic heterocycles. The van der Waals surface area contributed by atoms with Crippen molar-refractivity contribution in [3.63, 3.8) is 0 Å². The van der Waals surface area contributed by atoms with E-state index in [4.69, 9.17) is 5.11 Å². The Bertz CT molecular complexity index is 321. The first kappa shape index (κ1) is 14.0. The Labute approximate surface area is 109 Å². The molecule has 0 saturated heterocycles. The highest BCUT2D eigenvalue weighted by molar-refractivity contribution is 9.10. The fourth-order valence-electron chi connectivity index (χ4n) is 1.40. The highest BCUT2D eigenvalue weighted by Gasteiger charge is 2.14. The quantitative estimate of drug-likeness (QED) is 0.844. The van der Waals surface area contributed by atoms with Gasteiger partial charge in [0, 0.05) is 34.7 Å². The van der Waals surface area contributed by atoms with E-state index in [1.54, 1.807) is 18.0 Å². The van der Waals surface area contributed by atoms with Crippen LogP contribution in [0.25, 0.3) is 0 Å². The van der Waals surface area contributed by atoms with Crippen molar-refractivity contribution in [3.05, 3.63) is 28.5 Å². The molecule has 0 aliphatic carbocycles. The van der Waals surface area contributed by atoms with Crippen LogP contribution in [-0.2, 0) is 6.54 Å². The number of nitrogens with zero attached hydrogens (tertiary/aromatic N) is 1. The minimum Gasteiger partial charge on any atom is -0.395 e. The summed E-state index contributed by atoms with van der Waals surface area (Å²) in [5.74, 6) is 0. The van der Waals surface area contributed by atoms with Crippen LogP contribution in [0.15, 0.2) is 22.9 Å². The first-order valence-corrected chi connectivity index (χ1v) is 7.22. The number of aliphatic hydroxyl groups is 1. The number of aromatic nitrogens is 1. The van der Waals surface area contributed by atoms with Crippen LogP contribution < -0.4 is 5.32 Å². The van der Waals surface area contributed by atoms with Gasteiger partial charge in [0.05, 0.1) is 6.61 Å². The summed E-state index contributed by atoms with van der Waals surface area (Å²) < 4.78 is 0.989. The van der Waals surface area contributed by atoms with Gasteiger partial charge in [0.1, 0.15) is 0 Å². The van der Waals surface area contributed by atoms with Crippen molar-refractivity contribution in [2.75, 3.05) is 12.9 Å². The average Bonchev–Trinajstić information content (AvgIpc) is 2.28. The molecule has 1 aromatic rings. The third-order valence-corrected chi connectivity index (χ3v) is 4.03. The van der Waals surface area contributed by atoms with Crippen molar-refractivity contribution in [2.24, 2.45) is 0 Å². The summed E-state index contributed by atoms with van der Waals surface area (Å²) in [6.07, 6.45) is 5.63. The van der Waals surface area contributed by atoms with Crippen LogP contribution >= 0.6 is 27.7 Å². The van der Waals surface area contributed by atoms with Crippen molar-refractivity contribution < 1.29 is 5.11 Å². The number of rotatable bonds is 6. The van der Waals surface area contributed by atoms with Gasteiger partial charge < -0.3 is 10.4 Å². The molecule has 0 saturated carbocycles. The molecule has 2 atom stereocenters. The van der Waals surface area contributed by atoms with Crippen molar-refractivity contribution in [2.45, 2.75) is 24.8 Å². The van der Waals surface area contributed by atoms with Crippen LogP contribution in [0.4, 0.5) is 0 Å². The van der Waals surface area contributed by atoms with E-state index in [0.29, 0.717) is 0 Å². The Kier molecular flexibility index (Phi) is 6.34. The molecule has 0 aliphatic heterocycles. The Morgan fingerprint density at radius 1 is 1.56 bits per heavy atom. The van der Waals surface area contributed by atoms with Gasteiger partial charge >= 0.3 is 0 Å². The molecule has 90 valence electrons. The second-order valence-corrected chi connectivity index (χ2v) is 5.63. The zero-order valence-electron chi connectivity index (χ0n) is 9.48. The lowest BCUT2D eigenvalue weighted by Crippen LogP contribution is -2.37. The smallest absolute Gasteiger partial charge is 0.0564 e. The first-order chi connectivity index (χ1) is 7.67. The number of pyridine rings is 1. The molecule has 0 aromatic carbocycles. The largest absolute Gasteiger partial charge is 0.395 e. The molecule has 3 nitrogen and oxygen atoms in total. The summed E-state index contributed by atoms with van der Waals surface area (Å²) in [4.78, 5) is 4.11. The maximum atomic E-state index is 9.16. The summed E-state index contributed by atoms with van der Waals surface area (Å²) in [5.41, 5.74) is 1.14. The van der Waals surface area contributed by atoms with E-state index >= 15 is 0 Å². The number of hydrogen-bond donors (Lipinski definition) is 2. The number of nitrogens with one attached hydrogen (secondary N) is 1. The molecule has 0 aliphatic rings. The molecule has 5 heteroatoms. The van der Waals surface area contributed by atoms with Gasteiger partial charge in [-0.25, -0.2) is 0 Å². The van der Waals surface area contributed by atoms with Crippen molar-refractivity contribution in [1.82, 2.24) is 10.3 Å². The second-order valence-electron chi connectivity index (χ2n) is 3.64. The molecular weight excluding hydrogens is 288 g/mol. The van der Waals surface area contributed by atoms with E-state index in [9.17, 15) is 0 Å². The second kappa shape index (κ2) is 7.27. The van der Waals surface area contributed by atoms with Gasteiger partial charge in [-0.2, -0.15) is 11.8 Å². The minimum atomic E-state index is 0.200. The third-order valence-electron chi connectivity index (χ3n) is 2.43. The fourth-order valence-corrected chi connectivity index (χ4v) is 2.47. The predicted octanol–water partition coefficient (Wildman–Crippen LogP) is 2.05. The van der Waals surface area contributed by atoms with Gasteiger partial charge in [0.25, 0.3) is 0 Å². The summed E-state index contributed by atoms with van der Waals surface area (Å²) in [6, 6.07) is 2.32. The van der Waals surface area contributed by atoms with E-state index in [-0.39, 0.29) is 17.9 Å². The zero-order chi connectivity index (χ0) is 12.0. The maximum Gasteiger partial charge on any atom is 0.0564 e. The molecule has 1 rings (SSSR count). The Morgan fingerprint density at radius 2 is 2.31 bits per heavy atom. The van der Waals surface area contributed by atoms with Gasteiger partial charge in [-0.15, -0.1) is 0 Å². The lowest BCUT2D eigenvalue weighted by atomic mass is 10.2. The average molecular weight is 305 g/mol. The summed E-state index contributed by atoms with van der Waals surface area (Å²) in [6.45, 7) is 3.06. The molecule has 0 fully saturated rings. The van der Waals surface area contributed by atoms with E-state index < -0.39 is 0 Å². The number of thioether (sulfide) groups is 1. The Hall–Kier alpha value is -0.100. The molecule has 1 heterocycles. The third kappa shape index (κ3) is 4.41. The SMILES string of the molecule is CSC(CO)C(C)NCc1cncc(Br)c1. The molecular formula is C11H17BrN2OS. The normalized spacial score (nSPS) is 14.8. The van der Waals surface area contributed by atoms with E-state index in [2.05, 4.69) is 33.2 Å². The molecule has 2 N–H and O–H groups in total. The lowest BCUT2D eigenvalue weighted by Gasteiger charge is -2.21. The van der Waals surface area contributed by atoms with Crippen LogP contribution in [0.2, 0.25) is 0 Å². The fraction of sp³-hybridized carbons (Fsp3) is 0.545. The molecule has 16 heavy (non-hydrogen) atoms. The standard InChI is InChI=1S/C11H17BrN2OS/c1-8(11(7-15)16-2)14-5-9-3-10(12)6-13-4-9/h3-4,6,8,11,14-15H,5,7H2,1-2H3. The zero-order valence-corrected chi connectivity index (χ0v) is 11.9. The lowest BCUT2D eigenvalue weighted by molar-refractivity contribution is 0.276. The minimum absolute atomic E-state index is 0.200. The monoisotopic (exact) mass is 304 g/mol. The number of hydrogen-bond acceptors (Lipinski definition) is 4. The van der Waals surface area contributed by atoms with Gasteiger partial charge in [-0.05, 0) is 40.7 Å². The van der Waals surface area contributed by atoms with Gasteiger partial charge in [0.2, 0.25) is 0 Å².